The minimum atomic E-state index is -0.402. The number of aryl methyl sites for hydroxylation is 2. The van der Waals surface area contributed by atoms with Crippen LogP contribution in [-0.4, -0.2) is 29.0 Å². The van der Waals surface area contributed by atoms with Crippen LogP contribution in [0.1, 0.15) is 34.3 Å². The topological polar surface area (TPSA) is 84.1 Å². The number of ether oxygens (including phenoxy) is 1. The molecule has 0 unspecified atom stereocenters. The molecule has 32 heavy (non-hydrogen) atoms. The highest BCUT2D eigenvalue weighted by molar-refractivity contribution is 5.93. The normalized spacial score (nSPS) is 10.8. The fourth-order valence-corrected chi connectivity index (χ4v) is 3.81. The standard InChI is InChI=1S/C26H25N3O3/c1-17-9-14-22-21(16-17)20(25(29-22)23-7-3-4-15-27-23)6-5-8-24(30)28-19-12-10-18(11-13-19)26(31)32-2/h3-4,7,9-16,29H,5-6,8H2,1-2H3,(H,28,30). The molecule has 6 heteroatoms. The number of esters is 1. The molecule has 2 heterocycles. The second kappa shape index (κ2) is 9.47. The van der Waals surface area contributed by atoms with E-state index in [-0.39, 0.29) is 5.91 Å². The molecule has 4 aromatic rings. The molecule has 1 amide bonds. The van der Waals surface area contributed by atoms with Crippen LogP contribution in [0.2, 0.25) is 0 Å². The van der Waals surface area contributed by atoms with Crippen LogP contribution in [-0.2, 0) is 16.0 Å². The quantitative estimate of drug-likeness (QED) is 0.393. The van der Waals surface area contributed by atoms with Crippen LogP contribution in [0.5, 0.6) is 0 Å². The highest BCUT2D eigenvalue weighted by atomic mass is 16.5. The fourth-order valence-electron chi connectivity index (χ4n) is 3.81. The lowest BCUT2D eigenvalue weighted by Crippen LogP contribution is -2.12. The molecular weight excluding hydrogens is 402 g/mol. The number of amides is 1. The van der Waals surface area contributed by atoms with Gasteiger partial charge in [0.05, 0.1) is 24.1 Å². The zero-order valence-electron chi connectivity index (χ0n) is 18.1. The summed E-state index contributed by atoms with van der Waals surface area (Å²) in [7, 11) is 1.34. The number of aromatic amines is 1. The van der Waals surface area contributed by atoms with E-state index in [0.717, 1.165) is 23.3 Å². The molecule has 0 saturated carbocycles. The molecule has 0 saturated heterocycles. The maximum atomic E-state index is 12.5. The van der Waals surface area contributed by atoms with E-state index >= 15 is 0 Å². The van der Waals surface area contributed by atoms with Gasteiger partial charge in [-0.1, -0.05) is 17.7 Å². The number of pyridine rings is 1. The molecule has 0 radical (unpaired) electrons. The molecule has 0 aliphatic carbocycles. The third-order valence-corrected chi connectivity index (χ3v) is 5.40. The number of hydrogen-bond donors (Lipinski definition) is 2. The van der Waals surface area contributed by atoms with Crippen LogP contribution in [0.4, 0.5) is 5.69 Å². The lowest BCUT2D eigenvalue weighted by Gasteiger charge is -2.07. The van der Waals surface area contributed by atoms with Crippen LogP contribution in [0.3, 0.4) is 0 Å². The highest BCUT2D eigenvalue weighted by Gasteiger charge is 2.15. The van der Waals surface area contributed by atoms with Crippen LogP contribution < -0.4 is 5.32 Å². The van der Waals surface area contributed by atoms with Crippen molar-refractivity contribution in [2.45, 2.75) is 26.2 Å². The molecule has 0 aliphatic heterocycles. The third-order valence-electron chi connectivity index (χ3n) is 5.40. The number of hydrogen-bond acceptors (Lipinski definition) is 4. The monoisotopic (exact) mass is 427 g/mol. The summed E-state index contributed by atoms with van der Waals surface area (Å²) in [6.07, 6.45) is 3.63. The number of aromatic nitrogens is 2. The molecule has 162 valence electrons. The number of methoxy groups -OCH3 is 1. The first-order valence-electron chi connectivity index (χ1n) is 10.6. The van der Waals surface area contributed by atoms with E-state index < -0.39 is 5.97 Å². The predicted octanol–water partition coefficient (Wildman–Crippen LogP) is 5.29. The Bertz CT molecular complexity index is 1240. The lowest BCUT2D eigenvalue weighted by atomic mass is 10.0. The summed E-state index contributed by atoms with van der Waals surface area (Å²) in [6.45, 7) is 2.08. The van der Waals surface area contributed by atoms with Crippen molar-refractivity contribution in [3.8, 4) is 11.4 Å². The fraction of sp³-hybridized carbons (Fsp3) is 0.192. The predicted molar refractivity (Wildman–Crippen MR) is 126 cm³/mol. The Labute approximate surface area is 186 Å². The Kier molecular flexibility index (Phi) is 6.31. The van der Waals surface area contributed by atoms with Gasteiger partial charge in [-0.25, -0.2) is 4.79 Å². The van der Waals surface area contributed by atoms with E-state index in [4.69, 9.17) is 4.74 Å². The second-order valence-electron chi connectivity index (χ2n) is 7.71. The van der Waals surface area contributed by atoms with Crippen LogP contribution in [0.25, 0.3) is 22.3 Å². The van der Waals surface area contributed by atoms with E-state index in [9.17, 15) is 9.59 Å². The van der Waals surface area contributed by atoms with Gasteiger partial charge in [0.15, 0.2) is 0 Å². The number of fused-ring (bicyclic) bond motifs is 1. The summed E-state index contributed by atoms with van der Waals surface area (Å²) in [5, 5.41) is 4.06. The van der Waals surface area contributed by atoms with Crippen LogP contribution in [0.15, 0.2) is 66.9 Å². The van der Waals surface area contributed by atoms with Gasteiger partial charge in [-0.3, -0.25) is 9.78 Å². The number of carbonyl (C=O) groups excluding carboxylic acids is 2. The molecule has 0 spiro atoms. The maximum Gasteiger partial charge on any atom is 0.337 e. The summed E-state index contributed by atoms with van der Waals surface area (Å²) < 4.78 is 4.69. The average Bonchev–Trinajstić information content (AvgIpc) is 3.17. The van der Waals surface area contributed by atoms with Crippen molar-refractivity contribution < 1.29 is 14.3 Å². The highest BCUT2D eigenvalue weighted by Crippen LogP contribution is 2.31. The Hall–Kier alpha value is -3.93. The van der Waals surface area contributed by atoms with Crippen molar-refractivity contribution in [1.82, 2.24) is 9.97 Å². The van der Waals surface area contributed by atoms with Gasteiger partial charge in [0.1, 0.15) is 0 Å². The van der Waals surface area contributed by atoms with Crippen LogP contribution >= 0.6 is 0 Å². The molecule has 6 nitrogen and oxygen atoms in total. The maximum absolute atomic E-state index is 12.5. The van der Waals surface area contributed by atoms with Gasteiger partial charge in [-0.15, -0.1) is 0 Å². The van der Waals surface area contributed by atoms with E-state index in [2.05, 4.69) is 40.4 Å². The molecule has 0 bridgehead atoms. The van der Waals surface area contributed by atoms with Crippen molar-refractivity contribution >= 4 is 28.5 Å². The van der Waals surface area contributed by atoms with Crippen molar-refractivity contribution in [2.24, 2.45) is 0 Å². The zero-order chi connectivity index (χ0) is 22.5. The van der Waals surface area contributed by atoms with Gasteiger partial charge in [0.2, 0.25) is 5.91 Å². The van der Waals surface area contributed by atoms with E-state index in [1.807, 2.05) is 18.2 Å². The first-order chi connectivity index (χ1) is 15.5. The smallest absolute Gasteiger partial charge is 0.337 e. The number of carbonyl (C=O) groups is 2. The van der Waals surface area contributed by atoms with Crippen molar-refractivity contribution in [3.63, 3.8) is 0 Å². The molecule has 4 rings (SSSR count). The number of nitrogens with one attached hydrogen (secondary N) is 2. The first-order valence-corrected chi connectivity index (χ1v) is 10.6. The minimum Gasteiger partial charge on any atom is -0.465 e. The average molecular weight is 428 g/mol. The summed E-state index contributed by atoms with van der Waals surface area (Å²) in [4.78, 5) is 32.0. The zero-order valence-corrected chi connectivity index (χ0v) is 18.1. The van der Waals surface area contributed by atoms with E-state index in [0.29, 0.717) is 24.1 Å². The van der Waals surface area contributed by atoms with Gasteiger partial charge in [-0.05, 0) is 73.9 Å². The number of H-pyrrole nitrogens is 1. The number of anilines is 1. The van der Waals surface area contributed by atoms with Gasteiger partial charge < -0.3 is 15.0 Å². The molecule has 0 atom stereocenters. The largest absolute Gasteiger partial charge is 0.465 e. The summed E-state index contributed by atoms with van der Waals surface area (Å²) in [5.41, 5.74) is 6.44. The second-order valence-corrected chi connectivity index (χ2v) is 7.71. The van der Waals surface area contributed by atoms with E-state index in [1.165, 1.54) is 23.6 Å². The molecule has 2 N–H and O–H groups in total. The minimum absolute atomic E-state index is 0.0637. The molecule has 0 aliphatic rings. The molecule has 2 aromatic heterocycles. The summed E-state index contributed by atoms with van der Waals surface area (Å²) in [6, 6.07) is 18.9. The molecule has 2 aromatic carbocycles. The molecular formula is C26H25N3O3. The summed E-state index contributed by atoms with van der Waals surface area (Å²) in [5.74, 6) is -0.466. The Balaban J connectivity index is 1.45. The van der Waals surface area contributed by atoms with Gasteiger partial charge in [0.25, 0.3) is 0 Å². The Morgan fingerprint density at radius 1 is 1.06 bits per heavy atom. The number of rotatable bonds is 7. The first kappa shape index (κ1) is 21.3. The Morgan fingerprint density at radius 3 is 2.59 bits per heavy atom. The van der Waals surface area contributed by atoms with Gasteiger partial charge >= 0.3 is 5.97 Å². The summed E-state index contributed by atoms with van der Waals surface area (Å²) >= 11 is 0. The number of benzene rings is 2. The van der Waals surface area contributed by atoms with Gasteiger partial charge in [0, 0.05) is 29.2 Å². The Morgan fingerprint density at radius 2 is 1.88 bits per heavy atom. The van der Waals surface area contributed by atoms with Crippen molar-refractivity contribution in [3.05, 3.63) is 83.6 Å². The van der Waals surface area contributed by atoms with Gasteiger partial charge in [-0.2, -0.15) is 0 Å². The SMILES string of the molecule is COC(=O)c1ccc(NC(=O)CCCc2c(-c3ccccn3)[nH]c3ccc(C)cc23)cc1. The third kappa shape index (κ3) is 4.70. The van der Waals surface area contributed by atoms with Crippen LogP contribution in [0, 0.1) is 6.92 Å². The van der Waals surface area contributed by atoms with Crippen molar-refractivity contribution in [2.75, 3.05) is 12.4 Å². The molecule has 0 fully saturated rings. The lowest BCUT2D eigenvalue weighted by molar-refractivity contribution is -0.116. The van der Waals surface area contributed by atoms with E-state index in [1.54, 1.807) is 30.5 Å². The number of nitrogens with zero attached hydrogens (tertiary/aromatic N) is 1. The van der Waals surface area contributed by atoms with Crippen molar-refractivity contribution in [1.29, 1.82) is 0 Å².